The Kier molecular flexibility index (Phi) is 5.79. The molecule has 0 fully saturated rings. The van der Waals surface area contributed by atoms with Crippen LogP contribution in [0.15, 0.2) is 18.2 Å². The lowest BCUT2D eigenvalue weighted by atomic mass is 10.1. The van der Waals surface area contributed by atoms with Crippen LogP contribution in [-0.2, 0) is 0 Å². The summed E-state index contributed by atoms with van der Waals surface area (Å²) in [5.41, 5.74) is 1.55. The molecule has 17 heavy (non-hydrogen) atoms. The molecular formula is C13H17Cl2NO. The number of hydrogen-bond donors (Lipinski definition) is 1. The number of halogens is 2. The summed E-state index contributed by atoms with van der Waals surface area (Å²) in [4.78, 5) is 11.8. The van der Waals surface area contributed by atoms with Gasteiger partial charge in [-0.3, -0.25) is 4.79 Å². The summed E-state index contributed by atoms with van der Waals surface area (Å²) in [5, 5.41) is 3.56. The van der Waals surface area contributed by atoms with Crippen molar-refractivity contribution in [3.05, 3.63) is 34.3 Å². The molecule has 0 aliphatic rings. The van der Waals surface area contributed by atoms with Gasteiger partial charge >= 0.3 is 0 Å². The van der Waals surface area contributed by atoms with Gasteiger partial charge in [-0.25, -0.2) is 0 Å². The number of hydrogen-bond acceptors (Lipinski definition) is 1. The Hall–Kier alpha value is -0.730. The molecule has 0 saturated carbocycles. The first-order chi connectivity index (χ1) is 8.04. The van der Waals surface area contributed by atoms with E-state index in [-0.39, 0.29) is 11.3 Å². The quantitative estimate of drug-likeness (QED) is 0.813. The van der Waals surface area contributed by atoms with Crippen LogP contribution in [0.1, 0.15) is 35.7 Å². The third kappa shape index (κ3) is 4.57. The van der Waals surface area contributed by atoms with Gasteiger partial charge in [-0.2, -0.15) is 0 Å². The molecule has 1 unspecified atom stereocenters. The van der Waals surface area contributed by atoms with Crippen LogP contribution in [0, 0.1) is 6.92 Å². The number of carbonyl (C=O) groups is 1. The van der Waals surface area contributed by atoms with Crippen LogP contribution in [0.4, 0.5) is 0 Å². The molecule has 0 saturated heterocycles. The first-order valence-corrected chi connectivity index (χ1v) is 6.54. The third-order valence-electron chi connectivity index (χ3n) is 2.62. The van der Waals surface area contributed by atoms with Crippen molar-refractivity contribution in [3.63, 3.8) is 0 Å². The molecule has 1 N–H and O–H groups in total. The normalized spacial score (nSPS) is 12.2. The molecule has 0 aliphatic heterocycles. The molecule has 1 rings (SSSR count). The second kappa shape index (κ2) is 6.87. The van der Waals surface area contributed by atoms with Gasteiger partial charge < -0.3 is 5.32 Å². The second-order valence-electron chi connectivity index (χ2n) is 4.01. The van der Waals surface area contributed by atoms with Gasteiger partial charge in [-0.1, -0.05) is 24.6 Å². The van der Waals surface area contributed by atoms with Crippen LogP contribution in [0.5, 0.6) is 0 Å². The van der Waals surface area contributed by atoms with Gasteiger partial charge in [0.2, 0.25) is 0 Å². The fraction of sp³-hybridized carbons (Fsp3) is 0.462. The molecule has 0 spiro atoms. The zero-order chi connectivity index (χ0) is 12.8. The fourth-order valence-electron chi connectivity index (χ4n) is 1.38. The van der Waals surface area contributed by atoms with E-state index in [2.05, 4.69) is 5.32 Å². The van der Waals surface area contributed by atoms with Crippen LogP contribution in [0.25, 0.3) is 0 Å². The molecular weight excluding hydrogens is 257 g/mol. The number of amides is 1. The summed E-state index contributed by atoms with van der Waals surface area (Å²) in [6.45, 7) is 4.52. The summed E-state index contributed by atoms with van der Waals surface area (Å²) in [7, 11) is 0. The molecule has 1 aromatic carbocycles. The zero-order valence-electron chi connectivity index (χ0n) is 10.1. The highest BCUT2D eigenvalue weighted by Gasteiger charge is 2.07. The Balaban J connectivity index is 2.50. The highest BCUT2D eigenvalue weighted by atomic mass is 35.5. The van der Waals surface area contributed by atoms with E-state index in [1.807, 2.05) is 19.9 Å². The predicted octanol–water partition coefficient (Wildman–Crippen LogP) is 3.79. The van der Waals surface area contributed by atoms with E-state index in [9.17, 15) is 4.79 Å². The van der Waals surface area contributed by atoms with Gasteiger partial charge in [0.1, 0.15) is 0 Å². The summed E-state index contributed by atoms with van der Waals surface area (Å²) >= 11 is 11.9. The van der Waals surface area contributed by atoms with Crippen LogP contribution in [0.2, 0.25) is 5.02 Å². The highest BCUT2D eigenvalue weighted by Crippen LogP contribution is 2.16. The lowest BCUT2D eigenvalue weighted by Crippen LogP contribution is -2.26. The maximum atomic E-state index is 11.8. The predicted molar refractivity (Wildman–Crippen MR) is 73.1 cm³/mol. The monoisotopic (exact) mass is 273 g/mol. The largest absolute Gasteiger partial charge is 0.352 e. The van der Waals surface area contributed by atoms with Crippen molar-refractivity contribution >= 4 is 29.1 Å². The van der Waals surface area contributed by atoms with Gasteiger partial charge in [0.05, 0.1) is 0 Å². The van der Waals surface area contributed by atoms with Crippen LogP contribution >= 0.6 is 23.2 Å². The minimum absolute atomic E-state index is 0.105. The van der Waals surface area contributed by atoms with Gasteiger partial charge in [0, 0.05) is 22.5 Å². The molecule has 1 atom stereocenters. The van der Waals surface area contributed by atoms with Crippen molar-refractivity contribution < 1.29 is 4.79 Å². The van der Waals surface area contributed by atoms with E-state index in [4.69, 9.17) is 23.2 Å². The average molecular weight is 274 g/mol. The number of nitrogens with one attached hydrogen (secondary N) is 1. The van der Waals surface area contributed by atoms with Gasteiger partial charge in [-0.15, -0.1) is 11.6 Å². The lowest BCUT2D eigenvalue weighted by molar-refractivity contribution is 0.0953. The number of alkyl halides is 1. The number of aryl methyl sites for hydroxylation is 1. The minimum atomic E-state index is -0.105. The van der Waals surface area contributed by atoms with Crippen molar-refractivity contribution in [3.8, 4) is 0 Å². The molecule has 0 radical (unpaired) electrons. The van der Waals surface area contributed by atoms with Gasteiger partial charge in [0.15, 0.2) is 0 Å². The van der Waals surface area contributed by atoms with Gasteiger partial charge in [0.25, 0.3) is 5.91 Å². The van der Waals surface area contributed by atoms with Crippen molar-refractivity contribution in [2.24, 2.45) is 0 Å². The molecule has 1 aromatic rings. The molecule has 0 bridgehead atoms. The molecule has 1 amide bonds. The van der Waals surface area contributed by atoms with Gasteiger partial charge in [-0.05, 0) is 37.5 Å². The second-order valence-corrected chi connectivity index (χ2v) is 5.04. The van der Waals surface area contributed by atoms with Crippen LogP contribution < -0.4 is 5.32 Å². The molecule has 0 aliphatic carbocycles. The Morgan fingerprint density at radius 3 is 2.76 bits per heavy atom. The van der Waals surface area contributed by atoms with E-state index >= 15 is 0 Å². The van der Waals surface area contributed by atoms with E-state index in [0.29, 0.717) is 17.1 Å². The molecule has 94 valence electrons. The van der Waals surface area contributed by atoms with Crippen molar-refractivity contribution in [2.45, 2.75) is 32.1 Å². The Morgan fingerprint density at radius 2 is 2.18 bits per heavy atom. The van der Waals surface area contributed by atoms with E-state index in [0.717, 1.165) is 18.4 Å². The summed E-state index contributed by atoms with van der Waals surface area (Å²) in [6.07, 6.45) is 1.69. The molecule has 2 nitrogen and oxygen atoms in total. The molecule has 4 heteroatoms. The highest BCUT2D eigenvalue weighted by molar-refractivity contribution is 6.31. The Labute approximate surface area is 112 Å². The number of benzene rings is 1. The maximum absolute atomic E-state index is 11.8. The Bertz CT molecular complexity index is 393. The Morgan fingerprint density at radius 1 is 1.47 bits per heavy atom. The first kappa shape index (κ1) is 14.3. The first-order valence-electron chi connectivity index (χ1n) is 5.73. The third-order valence-corrected chi connectivity index (χ3v) is 3.55. The SMILES string of the molecule is CCC(Cl)CCNC(=O)c1ccc(C)c(Cl)c1. The topological polar surface area (TPSA) is 29.1 Å². The van der Waals surface area contributed by atoms with Crippen LogP contribution in [0.3, 0.4) is 0 Å². The fourth-order valence-corrected chi connectivity index (χ4v) is 1.67. The maximum Gasteiger partial charge on any atom is 0.251 e. The summed E-state index contributed by atoms with van der Waals surface area (Å²) < 4.78 is 0. The number of carbonyl (C=O) groups excluding carboxylic acids is 1. The summed E-state index contributed by atoms with van der Waals surface area (Å²) in [6, 6.07) is 5.30. The summed E-state index contributed by atoms with van der Waals surface area (Å²) in [5.74, 6) is -0.105. The van der Waals surface area contributed by atoms with Crippen molar-refractivity contribution in [1.82, 2.24) is 5.32 Å². The van der Waals surface area contributed by atoms with E-state index in [1.165, 1.54) is 0 Å². The minimum Gasteiger partial charge on any atom is -0.352 e. The smallest absolute Gasteiger partial charge is 0.251 e. The van der Waals surface area contributed by atoms with Crippen molar-refractivity contribution in [1.29, 1.82) is 0 Å². The lowest BCUT2D eigenvalue weighted by Gasteiger charge is -2.08. The average Bonchev–Trinajstić information content (AvgIpc) is 2.32. The van der Waals surface area contributed by atoms with E-state index in [1.54, 1.807) is 12.1 Å². The standard InChI is InChI=1S/C13H17Cl2NO/c1-3-11(14)6-7-16-13(17)10-5-4-9(2)12(15)8-10/h4-5,8,11H,3,6-7H2,1-2H3,(H,16,17). The number of rotatable bonds is 5. The molecule has 0 aromatic heterocycles. The van der Waals surface area contributed by atoms with Crippen LogP contribution in [-0.4, -0.2) is 17.8 Å². The molecule has 0 heterocycles. The zero-order valence-corrected chi connectivity index (χ0v) is 11.6. The van der Waals surface area contributed by atoms with Crippen molar-refractivity contribution in [2.75, 3.05) is 6.54 Å². The van der Waals surface area contributed by atoms with E-state index < -0.39 is 0 Å².